The van der Waals surface area contributed by atoms with E-state index < -0.39 is 261 Å². The zero-order chi connectivity index (χ0) is 96.7. The molecule has 1 aliphatic rings. The molecule has 1 heterocycles. The Hall–Kier alpha value is -13.3. The molecular formula is C84H127N23O23. The lowest BCUT2D eigenvalue weighted by Gasteiger charge is -2.32. The fraction of sp³-hybridized carbons (Fsp3) is 0.548. The van der Waals surface area contributed by atoms with Crippen molar-refractivity contribution in [2.24, 2.45) is 46.1 Å². The fourth-order valence-electron chi connectivity index (χ4n) is 13.7. The first-order valence-corrected chi connectivity index (χ1v) is 42.8. The first kappa shape index (κ1) is 109. The summed E-state index contributed by atoms with van der Waals surface area (Å²) in [6, 6.07) is 2.21. The van der Waals surface area contributed by atoms with Gasteiger partial charge in [0.25, 0.3) is 0 Å². The van der Waals surface area contributed by atoms with E-state index in [4.69, 9.17) is 45.5 Å². The van der Waals surface area contributed by atoms with Gasteiger partial charge in [0, 0.05) is 51.6 Å². The second-order valence-corrected chi connectivity index (χ2v) is 31.9. The van der Waals surface area contributed by atoms with Gasteiger partial charge in [-0.2, -0.15) is 0 Å². The molecule has 46 nitrogen and oxygen atoms in total. The smallest absolute Gasteiger partial charge is 0.326 e. The molecule has 0 aromatic heterocycles. The number of hydrogen-bond acceptors (Lipinski definition) is 25. The van der Waals surface area contributed by atoms with Crippen molar-refractivity contribution >= 4 is 118 Å². The second kappa shape index (κ2) is 57.5. The molecule has 33 N–H and O–H groups in total. The molecule has 15 atom stereocenters. The number of aliphatic carboxylic acids is 2. The minimum absolute atomic E-state index is 0.0179. The van der Waals surface area contributed by atoms with Crippen molar-refractivity contribution < 1.29 is 112 Å². The number of nitrogens with zero attached hydrogens (tertiary/aromatic N) is 1. The highest BCUT2D eigenvalue weighted by Gasteiger charge is 2.43. The van der Waals surface area contributed by atoms with Gasteiger partial charge in [0.2, 0.25) is 100 Å². The number of carbonyl (C=O) groups is 19. The first-order chi connectivity index (χ1) is 61.6. The quantitative estimate of drug-likeness (QED) is 0.0142. The molecule has 0 saturated carbocycles. The Labute approximate surface area is 750 Å². The summed E-state index contributed by atoms with van der Waals surface area (Å²) >= 11 is 0. The number of unbranched alkanes of at least 4 members (excludes halogenated alkanes) is 2. The lowest BCUT2D eigenvalue weighted by atomic mass is 9.99. The van der Waals surface area contributed by atoms with Crippen LogP contribution >= 0.6 is 0 Å². The molecule has 17 amide bonds. The predicted octanol–water partition coefficient (Wildman–Crippen LogP) is -7.74. The van der Waals surface area contributed by atoms with Gasteiger partial charge in [-0.05, 0) is 133 Å². The molecule has 130 heavy (non-hydrogen) atoms. The summed E-state index contributed by atoms with van der Waals surface area (Å²) in [5.74, 6) is -21.0. The molecule has 0 unspecified atom stereocenters. The predicted molar refractivity (Wildman–Crippen MR) is 468 cm³/mol. The minimum Gasteiger partial charge on any atom is -0.481 e. The number of aliphatic hydroxyl groups excluding tert-OH is 2. The molecule has 3 aromatic carbocycles. The average Bonchev–Trinajstić information content (AvgIpc) is 1.65. The van der Waals surface area contributed by atoms with Crippen LogP contribution in [0.3, 0.4) is 0 Å². The maximum Gasteiger partial charge on any atom is 0.326 e. The van der Waals surface area contributed by atoms with Crippen molar-refractivity contribution in [2.75, 3.05) is 39.3 Å². The van der Waals surface area contributed by atoms with Gasteiger partial charge in [0.05, 0.1) is 25.7 Å². The number of carbonyl (C=O) groups excluding carboxylic acids is 17. The number of carboxylic acid groups (broad SMARTS) is 2. The lowest BCUT2D eigenvalue weighted by molar-refractivity contribution is -0.143. The highest BCUT2D eigenvalue weighted by atomic mass is 16.4. The molecule has 0 bridgehead atoms. The number of aliphatic hydroxyl groups is 2. The van der Waals surface area contributed by atoms with Crippen molar-refractivity contribution in [3.8, 4) is 0 Å². The van der Waals surface area contributed by atoms with Gasteiger partial charge in [-0.3, -0.25) is 91.7 Å². The minimum atomic E-state index is -1.95. The van der Waals surface area contributed by atoms with Crippen LogP contribution in [0.4, 0.5) is 0 Å². The summed E-state index contributed by atoms with van der Waals surface area (Å²) in [5.41, 5.74) is 40.8. The summed E-state index contributed by atoms with van der Waals surface area (Å²) in [4.78, 5) is 262. The van der Waals surface area contributed by atoms with Crippen molar-refractivity contribution in [3.05, 3.63) is 108 Å². The number of benzene rings is 3. The fourth-order valence-corrected chi connectivity index (χ4v) is 13.7. The molecule has 46 heteroatoms. The Morgan fingerprint density at radius 3 is 1.19 bits per heavy atom. The van der Waals surface area contributed by atoms with Gasteiger partial charge in [-0.1, -0.05) is 105 Å². The number of nitrogens with one attached hydrogen (secondary N) is 15. The Bertz CT molecular complexity index is 4330. The van der Waals surface area contributed by atoms with Crippen molar-refractivity contribution in [2.45, 2.75) is 246 Å². The van der Waals surface area contributed by atoms with E-state index in [0.29, 0.717) is 23.1 Å². The number of carboxylic acids is 2. The Morgan fingerprint density at radius 1 is 0.423 bits per heavy atom. The maximum absolute atomic E-state index is 15.3. The highest BCUT2D eigenvalue weighted by molar-refractivity contribution is 6.01. The van der Waals surface area contributed by atoms with Crippen LogP contribution in [-0.4, -0.2) is 274 Å². The molecule has 0 aliphatic carbocycles. The standard InChI is InChI=1S/C84H127N23O23/c1-46(2)39-61(105-77(123)58(41-49-21-9-5-10-22-49)102-72(118)52(26-14-16-36-86)96-71(117)51(25-13-15-35-85)97-78(124)60(43-66(89)112)103-79(125)62(45-108)106-75(121)55(31-34-68(114)115)100-81(127)69(90)47(3)109)82(128)107-38-18-28-63(107)80(126)104-59(42-50-23-11-6-12-24-50)76(122)99-53(29-32-64(87)110)73(119)98-54(30-33-65(88)111)74(120)101-57(40-48-19-7-4-8-20-48)70(116)94-44-67(113)95-56(83(129)130)27-17-37-93-84(91)92/h4-12,19-24,46-47,51-63,69,108-109H,13-18,25-45,85-86,90H2,1-3H3,(H2,87,110)(H2,88,111)(H2,89,112)(H,94,116)(H,95,113)(H,96,117)(H,97,124)(H,98,119)(H,99,122)(H,100,127)(H,101,120)(H,102,118)(H,103,125)(H,104,126)(H,105,123)(H,106,121)(H,114,115)(H,129,130)(H4,91,92,93)/t47-,51+,52+,53+,54+,55+,56+,57+,58+,59+,60+,61+,62+,63+,69+/m1/s1. The van der Waals surface area contributed by atoms with Crippen molar-refractivity contribution in [1.29, 1.82) is 5.41 Å². The monoisotopic (exact) mass is 1830 g/mol. The summed E-state index contributed by atoms with van der Waals surface area (Å²) in [5, 5.41) is 81.2. The third kappa shape index (κ3) is 40.3. The van der Waals surface area contributed by atoms with E-state index in [1.807, 2.05) is 0 Å². The Kier molecular flexibility index (Phi) is 48.2. The molecule has 716 valence electrons. The lowest BCUT2D eigenvalue weighted by Crippen LogP contribution is -2.61. The van der Waals surface area contributed by atoms with Crippen molar-refractivity contribution in [1.82, 2.24) is 79.3 Å². The third-order valence-electron chi connectivity index (χ3n) is 20.7. The van der Waals surface area contributed by atoms with Gasteiger partial charge in [0.1, 0.15) is 84.6 Å². The van der Waals surface area contributed by atoms with E-state index in [0.717, 1.165) is 0 Å². The van der Waals surface area contributed by atoms with E-state index >= 15 is 9.59 Å². The Balaban J connectivity index is 1.64. The third-order valence-corrected chi connectivity index (χ3v) is 20.7. The molecule has 0 radical (unpaired) electrons. The van der Waals surface area contributed by atoms with Gasteiger partial charge in [-0.25, -0.2) is 4.79 Å². The van der Waals surface area contributed by atoms with Crippen LogP contribution in [0, 0.1) is 11.3 Å². The molecule has 4 rings (SSSR count). The number of nitrogens with two attached hydrogens (primary N) is 7. The van der Waals surface area contributed by atoms with E-state index in [2.05, 4.69) is 74.4 Å². The number of amides is 17. The molecule has 0 spiro atoms. The summed E-state index contributed by atoms with van der Waals surface area (Å²) < 4.78 is 0. The van der Waals surface area contributed by atoms with E-state index in [9.17, 15) is 102 Å². The summed E-state index contributed by atoms with van der Waals surface area (Å²) in [7, 11) is 0. The van der Waals surface area contributed by atoms with E-state index in [-0.39, 0.29) is 122 Å². The van der Waals surface area contributed by atoms with Crippen LogP contribution in [-0.2, 0) is 110 Å². The second-order valence-electron chi connectivity index (χ2n) is 31.9. The number of likely N-dealkylation sites (tertiary alicyclic amines) is 1. The molecule has 1 fully saturated rings. The largest absolute Gasteiger partial charge is 0.481 e. The van der Waals surface area contributed by atoms with Crippen LogP contribution in [0.5, 0.6) is 0 Å². The molecule has 3 aromatic rings. The summed E-state index contributed by atoms with van der Waals surface area (Å²) in [6.07, 6.45) is -5.56. The van der Waals surface area contributed by atoms with Gasteiger partial charge in [-0.15, -0.1) is 0 Å². The molecular weight excluding hydrogens is 1700 g/mol. The zero-order valence-electron chi connectivity index (χ0n) is 73.0. The number of hydrogen-bond donors (Lipinski definition) is 26. The summed E-state index contributed by atoms with van der Waals surface area (Å²) in [6.45, 7) is 3.02. The van der Waals surface area contributed by atoms with Crippen LogP contribution < -0.4 is 115 Å². The number of rotatable bonds is 61. The zero-order valence-corrected chi connectivity index (χ0v) is 73.0. The highest BCUT2D eigenvalue weighted by Crippen LogP contribution is 2.23. The van der Waals surface area contributed by atoms with Gasteiger partial charge < -0.3 is 140 Å². The van der Waals surface area contributed by atoms with Crippen LogP contribution in [0.2, 0.25) is 0 Å². The number of guanidine groups is 1. The SMILES string of the molecule is CC(C)C[C@H](NC(=O)[C@H](Cc1ccccc1)NC(=O)[C@H](CCCCN)NC(=O)[C@H](CCCCN)NC(=O)[C@H](CC(N)=O)NC(=O)[C@H](CO)NC(=O)[C@H](CCC(=O)O)NC(=O)[C@@H](N)[C@@H](C)O)C(=O)N1CCC[C@H]1C(=O)N[C@@H](Cc1ccccc1)C(=O)N[C@@H](CCC(N)=O)C(=O)N[C@@H](CCC(N)=O)C(=O)N[C@@H](Cc1ccccc1)C(=O)NCC(=O)N[C@@H](CCCNC(=N)N)C(=O)O. The van der Waals surface area contributed by atoms with Crippen molar-refractivity contribution in [3.63, 3.8) is 0 Å². The maximum atomic E-state index is 15.3. The van der Waals surface area contributed by atoms with E-state index in [1.54, 1.807) is 105 Å². The normalized spacial score (nSPS) is 15.5. The van der Waals surface area contributed by atoms with Crippen LogP contribution in [0.25, 0.3) is 0 Å². The average molecular weight is 1830 g/mol. The van der Waals surface area contributed by atoms with E-state index in [1.165, 1.54) is 11.8 Å². The Morgan fingerprint density at radius 2 is 0.792 bits per heavy atom. The molecule has 1 aliphatic heterocycles. The van der Waals surface area contributed by atoms with Crippen LogP contribution in [0.1, 0.15) is 153 Å². The molecule has 1 saturated heterocycles. The van der Waals surface area contributed by atoms with Gasteiger partial charge >= 0.3 is 11.9 Å². The number of primary amides is 3. The topological polar surface area (TPSA) is 783 Å². The van der Waals surface area contributed by atoms with Crippen LogP contribution in [0.15, 0.2) is 91.0 Å². The first-order valence-electron chi connectivity index (χ1n) is 42.8. The van der Waals surface area contributed by atoms with Gasteiger partial charge in [0.15, 0.2) is 5.96 Å².